The van der Waals surface area contributed by atoms with Crippen LogP contribution in [-0.4, -0.2) is 9.24 Å². The minimum Gasteiger partial charge on any atom is -0.299 e. The van der Waals surface area contributed by atoms with Crippen molar-refractivity contribution in [1.82, 2.24) is 9.24 Å². The normalized spacial score (nSPS) is 10.6. The van der Waals surface area contributed by atoms with Crippen LogP contribution in [0.4, 0.5) is 0 Å². The van der Waals surface area contributed by atoms with Crippen LogP contribution in [0, 0.1) is 5.92 Å². The monoisotopic (exact) mass is 198 g/mol. The smallest absolute Gasteiger partial charge is 0.299 e. The SMILES string of the molecule is CC(C)Cn1ccc(=O)n(NN)c1=O. The van der Waals surface area contributed by atoms with Gasteiger partial charge in [-0.05, 0) is 5.92 Å². The minimum atomic E-state index is -0.461. The third kappa shape index (κ3) is 2.02. The third-order valence-electron chi connectivity index (χ3n) is 1.75. The van der Waals surface area contributed by atoms with E-state index < -0.39 is 11.2 Å². The number of nitrogens with one attached hydrogen (secondary N) is 1. The van der Waals surface area contributed by atoms with Crippen molar-refractivity contribution in [3.63, 3.8) is 0 Å². The summed E-state index contributed by atoms with van der Waals surface area (Å²) in [5.74, 6) is 5.38. The summed E-state index contributed by atoms with van der Waals surface area (Å²) in [4.78, 5) is 22.7. The highest BCUT2D eigenvalue weighted by atomic mass is 16.2. The first-order valence-electron chi connectivity index (χ1n) is 4.35. The zero-order chi connectivity index (χ0) is 10.7. The zero-order valence-electron chi connectivity index (χ0n) is 8.23. The molecular formula is C8H14N4O2. The summed E-state index contributed by atoms with van der Waals surface area (Å²) in [6, 6.07) is 1.30. The van der Waals surface area contributed by atoms with Crippen LogP contribution in [0.2, 0.25) is 0 Å². The molecule has 1 rings (SSSR count). The number of hydrogen-bond donors (Lipinski definition) is 2. The molecule has 0 unspecified atom stereocenters. The van der Waals surface area contributed by atoms with E-state index >= 15 is 0 Å². The van der Waals surface area contributed by atoms with E-state index in [1.54, 1.807) is 0 Å². The van der Waals surface area contributed by atoms with Gasteiger partial charge in [-0.2, -0.15) is 4.68 Å². The van der Waals surface area contributed by atoms with Gasteiger partial charge in [0.2, 0.25) is 0 Å². The average Bonchev–Trinajstić information content (AvgIpc) is 2.10. The van der Waals surface area contributed by atoms with Crippen molar-refractivity contribution in [3.8, 4) is 0 Å². The molecular weight excluding hydrogens is 184 g/mol. The van der Waals surface area contributed by atoms with Crippen molar-refractivity contribution in [2.24, 2.45) is 11.8 Å². The second kappa shape index (κ2) is 4.10. The van der Waals surface area contributed by atoms with E-state index in [2.05, 4.69) is 0 Å². The van der Waals surface area contributed by atoms with Crippen molar-refractivity contribution in [2.45, 2.75) is 20.4 Å². The lowest BCUT2D eigenvalue weighted by molar-refractivity contribution is 0.488. The summed E-state index contributed by atoms with van der Waals surface area (Å²) in [7, 11) is 0. The number of nitrogens with zero attached hydrogens (tertiary/aromatic N) is 2. The highest BCUT2D eigenvalue weighted by Gasteiger charge is 2.04. The summed E-state index contributed by atoms with van der Waals surface area (Å²) in [6.07, 6.45) is 1.47. The Hall–Kier alpha value is -1.56. The molecule has 6 nitrogen and oxygen atoms in total. The first-order chi connectivity index (χ1) is 6.56. The quantitative estimate of drug-likeness (QED) is 0.486. The molecule has 3 N–H and O–H groups in total. The molecule has 14 heavy (non-hydrogen) atoms. The zero-order valence-corrected chi connectivity index (χ0v) is 8.23. The Morgan fingerprint density at radius 3 is 2.64 bits per heavy atom. The molecule has 78 valence electrons. The molecule has 0 aliphatic rings. The van der Waals surface area contributed by atoms with Gasteiger partial charge in [-0.15, -0.1) is 0 Å². The van der Waals surface area contributed by atoms with Crippen LogP contribution in [0.1, 0.15) is 13.8 Å². The molecule has 0 aromatic carbocycles. The van der Waals surface area contributed by atoms with Gasteiger partial charge in [0.15, 0.2) is 0 Å². The predicted octanol–water partition coefficient (Wildman–Crippen LogP) is -0.917. The molecule has 1 aromatic rings. The fraction of sp³-hybridized carbons (Fsp3) is 0.500. The molecule has 0 atom stereocenters. The molecule has 0 fully saturated rings. The lowest BCUT2D eigenvalue weighted by Gasteiger charge is -2.10. The molecule has 0 saturated heterocycles. The molecule has 0 radical (unpaired) electrons. The van der Waals surface area contributed by atoms with Gasteiger partial charge in [0.1, 0.15) is 0 Å². The Labute approximate surface area is 80.9 Å². The highest BCUT2D eigenvalue weighted by Crippen LogP contribution is 1.93. The molecule has 1 heterocycles. The number of hydrogen-bond acceptors (Lipinski definition) is 4. The van der Waals surface area contributed by atoms with Gasteiger partial charge in [-0.1, -0.05) is 13.8 Å². The molecule has 1 aromatic heterocycles. The third-order valence-corrected chi connectivity index (χ3v) is 1.75. The number of nitrogen functional groups attached to an aromatic ring is 1. The largest absolute Gasteiger partial charge is 0.351 e. The number of nitrogens with two attached hydrogens (primary N) is 1. The van der Waals surface area contributed by atoms with E-state index in [1.165, 1.54) is 16.8 Å². The van der Waals surface area contributed by atoms with E-state index in [9.17, 15) is 9.59 Å². The molecule has 0 bridgehead atoms. The van der Waals surface area contributed by atoms with Gasteiger partial charge >= 0.3 is 5.69 Å². The Morgan fingerprint density at radius 2 is 2.14 bits per heavy atom. The van der Waals surface area contributed by atoms with Crippen molar-refractivity contribution in [1.29, 1.82) is 0 Å². The molecule has 0 aliphatic carbocycles. The van der Waals surface area contributed by atoms with Gasteiger partial charge in [0.05, 0.1) is 0 Å². The van der Waals surface area contributed by atoms with Gasteiger partial charge in [-0.3, -0.25) is 14.9 Å². The van der Waals surface area contributed by atoms with Crippen molar-refractivity contribution >= 4 is 0 Å². The number of rotatable bonds is 3. The Bertz CT molecular complexity index is 418. The molecule has 0 saturated carbocycles. The van der Waals surface area contributed by atoms with E-state index in [0.29, 0.717) is 12.5 Å². The standard InChI is InChI=1S/C8H14N4O2/c1-6(2)5-11-4-3-7(13)12(10-9)8(11)14/h3-4,6,10H,5,9H2,1-2H3. The summed E-state index contributed by atoms with van der Waals surface area (Å²) in [5.41, 5.74) is 1.14. The molecule has 0 amide bonds. The van der Waals surface area contributed by atoms with Crippen LogP contribution in [0.15, 0.2) is 21.9 Å². The Morgan fingerprint density at radius 1 is 1.50 bits per heavy atom. The first-order valence-corrected chi connectivity index (χ1v) is 4.35. The number of aromatic nitrogens is 2. The van der Waals surface area contributed by atoms with Gasteiger partial charge in [-0.25, -0.2) is 10.6 Å². The predicted molar refractivity (Wildman–Crippen MR) is 53.3 cm³/mol. The molecule has 6 heteroatoms. The van der Waals surface area contributed by atoms with Crippen molar-refractivity contribution in [3.05, 3.63) is 33.1 Å². The van der Waals surface area contributed by atoms with E-state index in [-0.39, 0.29) is 0 Å². The maximum atomic E-state index is 11.5. The summed E-state index contributed by atoms with van der Waals surface area (Å²) in [6.45, 7) is 4.52. The van der Waals surface area contributed by atoms with E-state index in [1.807, 2.05) is 19.4 Å². The Balaban J connectivity index is 3.22. The van der Waals surface area contributed by atoms with Gasteiger partial charge in [0.25, 0.3) is 5.56 Å². The second-order valence-corrected chi connectivity index (χ2v) is 3.45. The van der Waals surface area contributed by atoms with Gasteiger partial charge < -0.3 is 0 Å². The van der Waals surface area contributed by atoms with Crippen LogP contribution in [0.3, 0.4) is 0 Å². The first kappa shape index (κ1) is 10.5. The minimum absolute atomic E-state index is 0.330. The van der Waals surface area contributed by atoms with E-state index in [4.69, 9.17) is 5.84 Å². The van der Waals surface area contributed by atoms with Crippen LogP contribution in [0.5, 0.6) is 0 Å². The van der Waals surface area contributed by atoms with Crippen molar-refractivity contribution in [2.75, 3.05) is 5.53 Å². The van der Waals surface area contributed by atoms with Crippen LogP contribution >= 0.6 is 0 Å². The topological polar surface area (TPSA) is 82.1 Å². The second-order valence-electron chi connectivity index (χ2n) is 3.45. The lowest BCUT2D eigenvalue weighted by Crippen LogP contribution is -2.46. The maximum absolute atomic E-state index is 11.5. The fourth-order valence-electron chi connectivity index (χ4n) is 1.17. The van der Waals surface area contributed by atoms with Gasteiger partial charge in [0, 0.05) is 18.8 Å². The summed E-state index contributed by atoms with van der Waals surface area (Å²) in [5, 5.41) is 0. The highest BCUT2D eigenvalue weighted by molar-refractivity contribution is 4.87. The molecule has 0 spiro atoms. The summed E-state index contributed by atoms with van der Waals surface area (Å²) >= 11 is 0. The van der Waals surface area contributed by atoms with Crippen molar-refractivity contribution < 1.29 is 0 Å². The Kier molecular flexibility index (Phi) is 3.08. The summed E-state index contributed by atoms with van der Waals surface area (Å²) < 4.78 is 2.20. The van der Waals surface area contributed by atoms with Crippen LogP contribution in [0.25, 0.3) is 0 Å². The van der Waals surface area contributed by atoms with Crippen LogP contribution in [-0.2, 0) is 6.54 Å². The van der Waals surface area contributed by atoms with E-state index in [0.717, 1.165) is 4.68 Å². The average molecular weight is 198 g/mol. The maximum Gasteiger partial charge on any atom is 0.351 e. The van der Waals surface area contributed by atoms with Crippen LogP contribution < -0.4 is 22.6 Å². The molecule has 0 aliphatic heterocycles. The number of hydrazine groups is 1. The fourth-order valence-corrected chi connectivity index (χ4v) is 1.17. The lowest BCUT2D eigenvalue weighted by atomic mass is 10.2.